The highest BCUT2D eigenvalue weighted by Gasteiger charge is 2.46. The first-order valence-electron chi connectivity index (χ1n) is 9.30. The number of cyclic esters (lactones) is 1. The Balaban J connectivity index is 1.38. The van der Waals surface area contributed by atoms with Crippen molar-refractivity contribution >= 4 is 23.1 Å². The maximum Gasteiger partial charge on any atom is 0.415 e. The summed E-state index contributed by atoms with van der Waals surface area (Å²) in [5.74, 6) is 1.12. The number of aryl methyl sites for hydroxylation is 1. The molecule has 0 N–H and O–H groups in total. The van der Waals surface area contributed by atoms with Crippen molar-refractivity contribution in [2.45, 2.75) is 45.3 Å². The molecule has 5 rings (SSSR count). The van der Waals surface area contributed by atoms with Gasteiger partial charge in [-0.2, -0.15) is 4.98 Å². The Morgan fingerprint density at radius 3 is 2.93 bits per heavy atom. The van der Waals surface area contributed by atoms with Crippen molar-refractivity contribution in [2.75, 3.05) is 11.4 Å². The van der Waals surface area contributed by atoms with E-state index in [-0.39, 0.29) is 18.2 Å². The standard InChI is InChI=1S/C20H20N4O3/c1-3-18-17-9-14-8-12(5-7-16(14)24(17)20(25)26-18)13-4-6-15(21-10-13)19-22-11(2)27-23-19/h4-5,7-8,17-18H,3,6,9-10H2,1-2H3. The third-order valence-electron chi connectivity index (χ3n) is 5.52. The van der Waals surface area contributed by atoms with Gasteiger partial charge < -0.3 is 9.26 Å². The summed E-state index contributed by atoms with van der Waals surface area (Å²) in [5.41, 5.74) is 5.38. The van der Waals surface area contributed by atoms with E-state index in [1.807, 2.05) is 11.0 Å². The molecule has 7 nitrogen and oxygen atoms in total. The van der Waals surface area contributed by atoms with E-state index in [1.54, 1.807) is 6.92 Å². The van der Waals surface area contributed by atoms with Crippen LogP contribution in [0.5, 0.6) is 0 Å². The molecule has 0 bridgehead atoms. The van der Waals surface area contributed by atoms with Crippen LogP contribution < -0.4 is 4.90 Å². The normalized spacial score (nSPS) is 23.6. The number of hydrogen-bond donors (Lipinski definition) is 0. The lowest BCUT2D eigenvalue weighted by atomic mass is 9.97. The predicted molar refractivity (Wildman–Crippen MR) is 100 cm³/mol. The van der Waals surface area contributed by atoms with Crippen LogP contribution in [0.1, 0.15) is 42.6 Å². The predicted octanol–water partition coefficient (Wildman–Crippen LogP) is 3.31. The minimum absolute atomic E-state index is 0.0205. The Morgan fingerprint density at radius 1 is 1.33 bits per heavy atom. The van der Waals surface area contributed by atoms with E-state index in [2.05, 4.69) is 40.3 Å². The van der Waals surface area contributed by atoms with Gasteiger partial charge in [0.1, 0.15) is 6.10 Å². The number of nitrogens with zero attached hydrogens (tertiary/aromatic N) is 4. The Hall–Kier alpha value is -2.96. The third kappa shape index (κ3) is 2.57. The van der Waals surface area contributed by atoms with Crippen LogP contribution in [0.25, 0.3) is 5.57 Å². The fourth-order valence-corrected chi connectivity index (χ4v) is 4.15. The van der Waals surface area contributed by atoms with Crippen molar-refractivity contribution in [1.82, 2.24) is 10.1 Å². The summed E-state index contributed by atoms with van der Waals surface area (Å²) in [7, 11) is 0. The molecule has 0 spiro atoms. The first-order chi connectivity index (χ1) is 13.1. The summed E-state index contributed by atoms with van der Waals surface area (Å²) >= 11 is 0. The first-order valence-corrected chi connectivity index (χ1v) is 9.30. The third-order valence-corrected chi connectivity index (χ3v) is 5.52. The van der Waals surface area contributed by atoms with Crippen LogP contribution in [0.15, 0.2) is 33.8 Å². The van der Waals surface area contributed by atoms with Crippen LogP contribution in [0.3, 0.4) is 0 Å². The fraction of sp³-hybridized carbons (Fsp3) is 0.400. The number of anilines is 1. The molecule has 1 fully saturated rings. The van der Waals surface area contributed by atoms with E-state index < -0.39 is 0 Å². The van der Waals surface area contributed by atoms with Gasteiger partial charge in [0.05, 0.1) is 24.0 Å². The van der Waals surface area contributed by atoms with Crippen molar-refractivity contribution in [3.05, 3.63) is 47.1 Å². The molecule has 7 heteroatoms. The zero-order valence-corrected chi connectivity index (χ0v) is 15.3. The lowest BCUT2D eigenvalue weighted by molar-refractivity contribution is 0.129. The Labute approximate surface area is 156 Å². The van der Waals surface area contributed by atoms with Gasteiger partial charge >= 0.3 is 6.09 Å². The van der Waals surface area contributed by atoms with Crippen LogP contribution >= 0.6 is 0 Å². The quantitative estimate of drug-likeness (QED) is 0.835. The van der Waals surface area contributed by atoms with Gasteiger partial charge in [0, 0.05) is 13.3 Å². The van der Waals surface area contributed by atoms with Crippen molar-refractivity contribution in [1.29, 1.82) is 0 Å². The molecule has 2 atom stereocenters. The second-order valence-electron chi connectivity index (χ2n) is 7.15. The van der Waals surface area contributed by atoms with E-state index in [1.165, 1.54) is 11.1 Å². The van der Waals surface area contributed by atoms with E-state index in [0.717, 1.165) is 29.8 Å². The number of benzene rings is 1. The number of carbonyl (C=O) groups excluding carboxylic acids is 1. The SMILES string of the molecule is CCC1OC(=O)N2c3ccc(C4=CCC(c5noc(C)n5)=NC4)cc3CC12. The molecule has 2 aromatic rings. The van der Waals surface area contributed by atoms with E-state index in [4.69, 9.17) is 9.26 Å². The maximum absolute atomic E-state index is 12.2. The van der Waals surface area contributed by atoms with Gasteiger partial charge in [-0.3, -0.25) is 9.89 Å². The lowest BCUT2D eigenvalue weighted by Crippen LogP contribution is -2.32. The van der Waals surface area contributed by atoms with E-state index in [0.29, 0.717) is 24.7 Å². The molecule has 3 aliphatic rings. The first kappa shape index (κ1) is 16.2. The van der Waals surface area contributed by atoms with Gasteiger partial charge in [0.25, 0.3) is 0 Å². The zero-order chi connectivity index (χ0) is 18.5. The molecule has 0 saturated carbocycles. The van der Waals surface area contributed by atoms with Crippen molar-refractivity contribution in [2.24, 2.45) is 4.99 Å². The van der Waals surface area contributed by atoms with Gasteiger partial charge in [-0.05, 0) is 41.7 Å². The van der Waals surface area contributed by atoms with Gasteiger partial charge in [0.2, 0.25) is 11.7 Å². The highest BCUT2D eigenvalue weighted by molar-refractivity contribution is 6.01. The van der Waals surface area contributed by atoms with Gasteiger partial charge in [-0.1, -0.05) is 24.2 Å². The van der Waals surface area contributed by atoms with Crippen LogP contribution in [-0.2, 0) is 11.2 Å². The number of hydrogen-bond acceptors (Lipinski definition) is 6. The molecule has 138 valence electrons. The summed E-state index contributed by atoms with van der Waals surface area (Å²) in [4.78, 5) is 22.9. The highest BCUT2D eigenvalue weighted by atomic mass is 16.6. The summed E-state index contributed by atoms with van der Waals surface area (Å²) in [6.07, 6.45) is 4.30. The minimum atomic E-state index is -0.222. The van der Waals surface area contributed by atoms with Crippen LogP contribution in [-0.4, -0.2) is 40.6 Å². The lowest BCUT2D eigenvalue weighted by Gasteiger charge is -2.15. The highest BCUT2D eigenvalue weighted by Crippen LogP contribution is 2.40. The molecule has 0 radical (unpaired) electrons. The monoisotopic (exact) mass is 364 g/mol. The molecule has 27 heavy (non-hydrogen) atoms. The topological polar surface area (TPSA) is 80.8 Å². The molecule has 1 aromatic heterocycles. The fourth-order valence-electron chi connectivity index (χ4n) is 4.15. The number of carbonyl (C=O) groups is 1. The second kappa shape index (κ2) is 6.04. The smallest absolute Gasteiger partial charge is 0.415 e. The van der Waals surface area contributed by atoms with Crippen molar-refractivity contribution < 1.29 is 14.1 Å². The Morgan fingerprint density at radius 2 is 2.22 bits per heavy atom. The number of allylic oxidation sites excluding steroid dienone is 1. The average molecular weight is 364 g/mol. The van der Waals surface area contributed by atoms with Crippen LogP contribution in [0, 0.1) is 6.92 Å². The van der Waals surface area contributed by atoms with Crippen LogP contribution in [0.2, 0.25) is 0 Å². The number of fused-ring (bicyclic) bond motifs is 3. The number of aromatic nitrogens is 2. The van der Waals surface area contributed by atoms with Gasteiger partial charge in [-0.15, -0.1) is 0 Å². The Bertz CT molecular complexity index is 991. The molecule has 2 unspecified atom stereocenters. The molecule has 1 aromatic carbocycles. The van der Waals surface area contributed by atoms with Crippen LogP contribution in [0.4, 0.5) is 10.5 Å². The summed E-state index contributed by atoms with van der Waals surface area (Å²) in [5, 5.41) is 3.94. The number of aliphatic imine (C=N–C) groups is 1. The molecule has 3 aliphatic heterocycles. The summed E-state index contributed by atoms with van der Waals surface area (Å²) in [6, 6.07) is 6.42. The van der Waals surface area contributed by atoms with E-state index in [9.17, 15) is 4.79 Å². The Kier molecular flexibility index (Phi) is 3.63. The molecular weight excluding hydrogens is 344 g/mol. The number of ether oxygens (including phenoxy) is 1. The molecule has 4 heterocycles. The zero-order valence-electron chi connectivity index (χ0n) is 15.3. The molecule has 0 aliphatic carbocycles. The summed E-state index contributed by atoms with van der Waals surface area (Å²) in [6.45, 7) is 4.42. The molecule has 1 saturated heterocycles. The largest absolute Gasteiger partial charge is 0.444 e. The second-order valence-corrected chi connectivity index (χ2v) is 7.15. The maximum atomic E-state index is 12.2. The number of amides is 1. The summed E-state index contributed by atoms with van der Waals surface area (Å²) < 4.78 is 10.5. The van der Waals surface area contributed by atoms with E-state index >= 15 is 0 Å². The number of rotatable bonds is 3. The minimum Gasteiger partial charge on any atom is -0.444 e. The van der Waals surface area contributed by atoms with Crippen molar-refractivity contribution in [3.63, 3.8) is 0 Å². The van der Waals surface area contributed by atoms with Gasteiger partial charge in [-0.25, -0.2) is 4.79 Å². The molecule has 1 amide bonds. The van der Waals surface area contributed by atoms with Crippen molar-refractivity contribution in [3.8, 4) is 0 Å². The average Bonchev–Trinajstić information content (AvgIpc) is 3.36. The van der Waals surface area contributed by atoms with Gasteiger partial charge in [0.15, 0.2) is 0 Å². The molecular formula is C20H20N4O3. The number of dihydropyridines is 1.